The lowest BCUT2D eigenvalue weighted by molar-refractivity contribution is -0.147. The van der Waals surface area contributed by atoms with Gasteiger partial charge in [-0.15, -0.1) is 0 Å². The summed E-state index contributed by atoms with van der Waals surface area (Å²) in [5.74, 6) is -0.793. The molecule has 4 heteroatoms. The highest BCUT2D eigenvalue weighted by Gasteiger charge is 2.11. The Balaban J connectivity index is 4.14. The zero-order chi connectivity index (χ0) is 23.7. The molecule has 0 fully saturated rings. The summed E-state index contributed by atoms with van der Waals surface area (Å²) >= 11 is 0. The zero-order valence-electron chi connectivity index (χ0n) is 21.3. The van der Waals surface area contributed by atoms with Gasteiger partial charge in [0, 0.05) is 12.8 Å². The van der Waals surface area contributed by atoms with Crippen molar-refractivity contribution in [1.82, 2.24) is 0 Å². The van der Waals surface area contributed by atoms with Gasteiger partial charge in [0.1, 0.15) is 6.10 Å². The van der Waals surface area contributed by atoms with Crippen molar-refractivity contribution in [3.63, 3.8) is 0 Å². The van der Waals surface area contributed by atoms with Crippen LogP contribution in [0.2, 0.25) is 0 Å². The van der Waals surface area contributed by atoms with Crippen LogP contribution in [-0.4, -0.2) is 23.1 Å². The molecule has 0 aromatic carbocycles. The van der Waals surface area contributed by atoms with Crippen molar-refractivity contribution in [2.24, 2.45) is 0 Å². The predicted molar refractivity (Wildman–Crippen MR) is 135 cm³/mol. The van der Waals surface area contributed by atoms with Crippen molar-refractivity contribution < 1.29 is 19.4 Å². The Bertz CT molecular complexity index is 458. The predicted octanol–water partition coefficient (Wildman–Crippen LogP) is 8.77. The van der Waals surface area contributed by atoms with E-state index < -0.39 is 5.97 Å². The molecule has 1 N–H and O–H groups in total. The highest BCUT2D eigenvalue weighted by molar-refractivity contribution is 5.69. The van der Waals surface area contributed by atoms with E-state index in [2.05, 4.69) is 26.0 Å². The van der Waals surface area contributed by atoms with Crippen LogP contribution in [-0.2, 0) is 14.3 Å². The van der Waals surface area contributed by atoms with E-state index >= 15 is 0 Å². The van der Waals surface area contributed by atoms with Gasteiger partial charge in [0.05, 0.1) is 0 Å². The Hall–Kier alpha value is -1.32. The number of carbonyl (C=O) groups excluding carboxylic acids is 1. The molecule has 32 heavy (non-hydrogen) atoms. The molecule has 0 spiro atoms. The molecule has 0 aliphatic rings. The summed E-state index contributed by atoms with van der Waals surface area (Å²) in [7, 11) is 0. The first-order valence-electron chi connectivity index (χ1n) is 13.7. The highest BCUT2D eigenvalue weighted by atomic mass is 16.5. The van der Waals surface area contributed by atoms with Gasteiger partial charge in [-0.1, -0.05) is 103 Å². The van der Waals surface area contributed by atoms with Crippen LogP contribution in [0, 0.1) is 0 Å². The summed E-state index contributed by atoms with van der Waals surface area (Å²) in [5, 5.41) is 8.73. The molecular weight excluding hydrogens is 400 g/mol. The van der Waals surface area contributed by atoms with E-state index in [1.165, 1.54) is 70.6 Å². The molecule has 188 valence electrons. The molecule has 1 atom stereocenters. The molecule has 0 bridgehead atoms. The molecule has 0 heterocycles. The molecule has 0 aliphatic carbocycles. The van der Waals surface area contributed by atoms with Gasteiger partial charge in [0.15, 0.2) is 0 Å². The third-order valence-electron chi connectivity index (χ3n) is 5.97. The molecule has 0 saturated heterocycles. The number of unbranched alkanes of at least 4 members (excludes halogenated alkanes) is 15. The standard InChI is InChI=1S/C28H52O4/c1-3-5-7-9-11-13-15-21-25-28(31)32-26(22-18-14-12-10-8-6-4-2)23-19-16-17-20-24-27(29)30/h18,22,26H,3-17,19-21,23-25H2,1-2H3,(H,29,30)/b22-18-. The second-order valence-electron chi connectivity index (χ2n) is 9.23. The summed E-state index contributed by atoms with van der Waals surface area (Å²) in [6, 6.07) is 0. The van der Waals surface area contributed by atoms with Gasteiger partial charge >= 0.3 is 11.9 Å². The summed E-state index contributed by atoms with van der Waals surface area (Å²) in [5.41, 5.74) is 0. The van der Waals surface area contributed by atoms with Crippen molar-refractivity contribution in [3.05, 3.63) is 12.2 Å². The van der Waals surface area contributed by atoms with Gasteiger partial charge < -0.3 is 9.84 Å². The fourth-order valence-electron chi connectivity index (χ4n) is 3.91. The molecule has 0 rings (SSSR count). The average Bonchev–Trinajstić information content (AvgIpc) is 2.76. The maximum absolute atomic E-state index is 12.3. The number of rotatable bonds is 24. The summed E-state index contributed by atoms with van der Waals surface area (Å²) in [4.78, 5) is 22.9. The van der Waals surface area contributed by atoms with Crippen LogP contribution >= 0.6 is 0 Å². The van der Waals surface area contributed by atoms with Crippen LogP contribution < -0.4 is 0 Å². The van der Waals surface area contributed by atoms with E-state index in [0.29, 0.717) is 6.42 Å². The normalized spacial score (nSPS) is 12.3. The maximum Gasteiger partial charge on any atom is 0.306 e. The second kappa shape index (κ2) is 24.3. The van der Waals surface area contributed by atoms with Crippen molar-refractivity contribution in [2.75, 3.05) is 0 Å². The van der Waals surface area contributed by atoms with Crippen molar-refractivity contribution >= 4 is 11.9 Å². The summed E-state index contributed by atoms with van der Waals surface area (Å²) in [6.07, 6.45) is 26.5. The number of carboxylic acid groups (broad SMARTS) is 1. The Morgan fingerprint density at radius 3 is 1.78 bits per heavy atom. The lowest BCUT2D eigenvalue weighted by atomic mass is 10.1. The third kappa shape index (κ3) is 23.3. The minimum Gasteiger partial charge on any atom is -0.481 e. The molecule has 1 unspecified atom stereocenters. The molecule has 0 amide bonds. The van der Waals surface area contributed by atoms with E-state index in [0.717, 1.165) is 51.4 Å². The topological polar surface area (TPSA) is 63.6 Å². The molecular formula is C28H52O4. The van der Waals surface area contributed by atoms with Crippen LogP contribution in [0.3, 0.4) is 0 Å². The largest absolute Gasteiger partial charge is 0.481 e. The minimum atomic E-state index is -0.723. The van der Waals surface area contributed by atoms with Gasteiger partial charge in [-0.2, -0.15) is 0 Å². The molecule has 0 saturated carbocycles. The fourth-order valence-corrected chi connectivity index (χ4v) is 3.91. The highest BCUT2D eigenvalue weighted by Crippen LogP contribution is 2.15. The zero-order valence-corrected chi connectivity index (χ0v) is 21.3. The Morgan fingerprint density at radius 1 is 0.688 bits per heavy atom. The Kier molecular flexibility index (Phi) is 23.3. The molecule has 0 aromatic rings. The van der Waals surface area contributed by atoms with Crippen LogP contribution in [0.4, 0.5) is 0 Å². The number of ether oxygens (including phenoxy) is 1. The van der Waals surface area contributed by atoms with E-state index in [4.69, 9.17) is 9.84 Å². The Labute approximate surface area is 198 Å². The van der Waals surface area contributed by atoms with E-state index in [9.17, 15) is 9.59 Å². The average molecular weight is 453 g/mol. The van der Waals surface area contributed by atoms with Gasteiger partial charge in [-0.25, -0.2) is 0 Å². The monoisotopic (exact) mass is 452 g/mol. The molecule has 0 aliphatic heterocycles. The number of aliphatic carboxylic acids is 1. The molecule has 0 aromatic heterocycles. The first-order valence-corrected chi connectivity index (χ1v) is 13.7. The van der Waals surface area contributed by atoms with Gasteiger partial charge in [0.2, 0.25) is 0 Å². The van der Waals surface area contributed by atoms with Gasteiger partial charge in [-0.05, 0) is 44.6 Å². The van der Waals surface area contributed by atoms with Crippen molar-refractivity contribution in [3.8, 4) is 0 Å². The Morgan fingerprint density at radius 2 is 1.19 bits per heavy atom. The van der Waals surface area contributed by atoms with Crippen LogP contribution in [0.25, 0.3) is 0 Å². The maximum atomic E-state index is 12.3. The SMILES string of the molecule is CCCCCCC/C=C\C(CCCCCCC(=O)O)OC(=O)CCCCCCCCCC. The third-order valence-corrected chi connectivity index (χ3v) is 5.97. The molecule has 0 radical (unpaired) electrons. The number of allylic oxidation sites excluding steroid dienone is 1. The lowest BCUT2D eigenvalue weighted by Gasteiger charge is -2.15. The quantitative estimate of drug-likeness (QED) is 0.0902. The van der Waals surface area contributed by atoms with E-state index in [-0.39, 0.29) is 18.5 Å². The number of esters is 1. The second-order valence-corrected chi connectivity index (χ2v) is 9.23. The first kappa shape index (κ1) is 30.7. The number of hydrogen-bond acceptors (Lipinski definition) is 3. The van der Waals surface area contributed by atoms with Gasteiger partial charge in [-0.3, -0.25) is 9.59 Å². The number of carbonyl (C=O) groups is 2. The first-order chi connectivity index (χ1) is 15.6. The van der Waals surface area contributed by atoms with Gasteiger partial charge in [0.25, 0.3) is 0 Å². The summed E-state index contributed by atoms with van der Waals surface area (Å²) in [6.45, 7) is 4.47. The summed E-state index contributed by atoms with van der Waals surface area (Å²) < 4.78 is 5.78. The van der Waals surface area contributed by atoms with Crippen LogP contribution in [0.15, 0.2) is 12.2 Å². The lowest BCUT2D eigenvalue weighted by Crippen LogP contribution is -2.16. The van der Waals surface area contributed by atoms with Crippen molar-refractivity contribution in [1.29, 1.82) is 0 Å². The van der Waals surface area contributed by atoms with E-state index in [1.807, 2.05) is 0 Å². The number of hydrogen-bond donors (Lipinski definition) is 1. The van der Waals surface area contributed by atoms with Crippen molar-refractivity contribution in [2.45, 2.75) is 155 Å². The fraction of sp³-hybridized carbons (Fsp3) is 0.857. The molecule has 4 nitrogen and oxygen atoms in total. The minimum absolute atomic E-state index is 0.0699. The smallest absolute Gasteiger partial charge is 0.306 e. The van der Waals surface area contributed by atoms with Crippen LogP contribution in [0.1, 0.15) is 149 Å². The van der Waals surface area contributed by atoms with Crippen LogP contribution in [0.5, 0.6) is 0 Å². The number of carboxylic acids is 1. The van der Waals surface area contributed by atoms with E-state index in [1.54, 1.807) is 0 Å².